The van der Waals surface area contributed by atoms with E-state index in [1.165, 1.54) is 17.4 Å². The number of hydrogen-bond donors (Lipinski definition) is 3. The van der Waals surface area contributed by atoms with Gasteiger partial charge in [0.15, 0.2) is 5.69 Å². The number of amides is 1. The quantitative estimate of drug-likeness (QED) is 0.393. The summed E-state index contributed by atoms with van der Waals surface area (Å²) in [5.74, 6) is -2.12. The van der Waals surface area contributed by atoms with E-state index in [2.05, 4.69) is 20.2 Å². The molecule has 170 valence electrons. The molecule has 0 aliphatic carbocycles. The number of carbonyl (C=O) groups is 1. The number of nitrogen functional groups attached to an aromatic ring is 1. The summed E-state index contributed by atoms with van der Waals surface area (Å²) < 4.78 is 28.4. The maximum absolute atomic E-state index is 14.2. The number of anilines is 3. The summed E-state index contributed by atoms with van der Waals surface area (Å²) in [7, 11) is 0. The van der Waals surface area contributed by atoms with Crippen LogP contribution >= 0.6 is 22.7 Å². The summed E-state index contributed by atoms with van der Waals surface area (Å²) in [6.07, 6.45) is 3.49. The number of fused-ring (bicyclic) bond motifs is 1. The molecule has 0 bridgehead atoms. The SMILES string of the molecule is Nc1sc(-c2c(F)cccc2F)nc1C(=O)Nc1cnc2sccc2c1N1CCC[C@H](N)C1. The first-order valence-corrected chi connectivity index (χ1v) is 12.0. The third kappa shape index (κ3) is 4.03. The molecular formula is C22H20F2N6OS2. The number of nitrogens with one attached hydrogen (secondary N) is 1. The number of piperidine rings is 1. The molecule has 1 saturated heterocycles. The molecule has 3 aromatic heterocycles. The summed E-state index contributed by atoms with van der Waals surface area (Å²) in [4.78, 5) is 24.7. The fourth-order valence-corrected chi connectivity index (χ4v) is 5.66. The molecular weight excluding hydrogens is 466 g/mol. The highest BCUT2D eigenvalue weighted by Crippen LogP contribution is 2.38. The van der Waals surface area contributed by atoms with Crippen LogP contribution in [-0.2, 0) is 0 Å². The zero-order valence-electron chi connectivity index (χ0n) is 17.3. The van der Waals surface area contributed by atoms with Crippen molar-refractivity contribution in [3.8, 4) is 10.6 Å². The largest absolute Gasteiger partial charge is 0.389 e. The Kier molecular flexibility index (Phi) is 5.69. The Morgan fingerprint density at radius 3 is 2.79 bits per heavy atom. The number of pyridine rings is 1. The first-order chi connectivity index (χ1) is 15.9. The number of carbonyl (C=O) groups excluding carboxylic acids is 1. The Morgan fingerprint density at radius 2 is 2.03 bits per heavy atom. The third-order valence-corrected chi connectivity index (χ3v) is 7.26. The molecule has 0 spiro atoms. The van der Waals surface area contributed by atoms with E-state index in [1.807, 2.05) is 11.4 Å². The Morgan fingerprint density at radius 1 is 1.24 bits per heavy atom. The summed E-state index contributed by atoms with van der Waals surface area (Å²) in [6.45, 7) is 1.47. The van der Waals surface area contributed by atoms with E-state index in [0.717, 1.165) is 58.8 Å². The first-order valence-electron chi connectivity index (χ1n) is 10.3. The minimum absolute atomic E-state index is 0.00175. The number of thiophene rings is 1. The van der Waals surface area contributed by atoms with Gasteiger partial charge >= 0.3 is 0 Å². The molecule has 0 radical (unpaired) electrons. The topological polar surface area (TPSA) is 110 Å². The van der Waals surface area contributed by atoms with E-state index < -0.39 is 17.5 Å². The van der Waals surface area contributed by atoms with Crippen molar-refractivity contribution < 1.29 is 13.6 Å². The molecule has 11 heteroatoms. The van der Waals surface area contributed by atoms with Gasteiger partial charge < -0.3 is 21.7 Å². The van der Waals surface area contributed by atoms with Crippen LogP contribution in [0, 0.1) is 11.6 Å². The lowest BCUT2D eigenvalue weighted by atomic mass is 10.0. The zero-order chi connectivity index (χ0) is 23.1. The molecule has 1 fully saturated rings. The molecule has 0 unspecified atom stereocenters. The predicted octanol–water partition coefficient (Wildman–Crippen LogP) is 4.46. The number of rotatable bonds is 4. The van der Waals surface area contributed by atoms with Gasteiger partial charge in [-0.2, -0.15) is 0 Å². The van der Waals surface area contributed by atoms with Crippen LogP contribution in [-0.4, -0.2) is 35.0 Å². The lowest BCUT2D eigenvalue weighted by Gasteiger charge is -2.34. The van der Waals surface area contributed by atoms with Gasteiger partial charge in [0.1, 0.15) is 26.5 Å². The Hall–Kier alpha value is -3.15. The number of thiazole rings is 1. The van der Waals surface area contributed by atoms with E-state index in [-0.39, 0.29) is 27.3 Å². The average molecular weight is 487 g/mol. The van der Waals surface area contributed by atoms with E-state index in [4.69, 9.17) is 11.5 Å². The molecule has 1 amide bonds. The number of halogens is 2. The standard InChI is InChI=1S/C22H20F2N6OS2/c23-13-4-1-5-14(24)16(13)22-29-17(19(26)33-22)20(31)28-15-9-27-21-12(6-8-32-21)18(15)30-7-2-3-11(25)10-30/h1,4-6,8-9,11H,2-3,7,10,25-26H2,(H,28,31)/t11-/m0/s1. The molecule has 1 aromatic carbocycles. The summed E-state index contributed by atoms with van der Waals surface area (Å²) in [5, 5.41) is 5.79. The molecule has 1 atom stereocenters. The normalized spacial score (nSPS) is 16.3. The maximum atomic E-state index is 14.2. The average Bonchev–Trinajstić information content (AvgIpc) is 3.40. The van der Waals surface area contributed by atoms with Crippen LogP contribution in [0.3, 0.4) is 0 Å². The van der Waals surface area contributed by atoms with Crippen LogP contribution in [0.25, 0.3) is 20.8 Å². The van der Waals surface area contributed by atoms with Crippen LogP contribution in [0.4, 0.5) is 25.2 Å². The monoisotopic (exact) mass is 486 g/mol. The van der Waals surface area contributed by atoms with E-state index in [9.17, 15) is 13.6 Å². The molecule has 4 aromatic rings. The number of nitrogens with zero attached hydrogens (tertiary/aromatic N) is 3. The lowest BCUT2D eigenvalue weighted by Crippen LogP contribution is -2.43. The highest BCUT2D eigenvalue weighted by Gasteiger charge is 2.26. The fraction of sp³-hybridized carbons (Fsp3) is 0.227. The van der Waals surface area contributed by atoms with Crippen molar-refractivity contribution in [1.82, 2.24) is 9.97 Å². The summed E-state index contributed by atoms with van der Waals surface area (Å²) in [5.41, 5.74) is 13.2. The predicted molar refractivity (Wildman–Crippen MR) is 129 cm³/mol. The van der Waals surface area contributed by atoms with Gasteiger partial charge in [-0.05, 0) is 36.4 Å². The third-order valence-electron chi connectivity index (χ3n) is 5.53. The lowest BCUT2D eigenvalue weighted by molar-refractivity contribution is 0.102. The second-order valence-electron chi connectivity index (χ2n) is 7.79. The van der Waals surface area contributed by atoms with Gasteiger partial charge in [0, 0.05) is 24.5 Å². The Bertz CT molecular complexity index is 1330. The van der Waals surface area contributed by atoms with Gasteiger partial charge in [0.2, 0.25) is 0 Å². The highest BCUT2D eigenvalue weighted by molar-refractivity contribution is 7.19. The number of hydrogen-bond acceptors (Lipinski definition) is 8. The van der Waals surface area contributed by atoms with Gasteiger partial charge in [-0.15, -0.1) is 11.3 Å². The van der Waals surface area contributed by atoms with E-state index in [1.54, 1.807) is 6.20 Å². The summed E-state index contributed by atoms with van der Waals surface area (Å²) in [6, 6.07) is 5.53. The molecule has 1 aliphatic rings. The summed E-state index contributed by atoms with van der Waals surface area (Å²) >= 11 is 2.37. The van der Waals surface area contributed by atoms with Crippen LogP contribution in [0.2, 0.25) is 0 Å². The van der Waals surface area contributed by atoms with Crippen molar-refractivity contribution in [3.63, 3.8) is 0 Å². The van der Waals surface area contributed by atoms with Gasteiger partial charge in [0.05, 0.1) is 23.1 Å². The fourth-order valence-electron chi connectivity index (χ4n) is 4.04. The molecule has 5 N–H and O–H groups in total. The second-order valence-corrected chi connectivity index (χ2v) is 9.72. The zero-order valence-corrected chi connectivity index (χ0v) is 19.0. The molecule has 7 nitrogen and oxygen atoms in total. The molecule has 33 heavy (non-hydrogen) atoms. The molecule has 5 rings (SSSR count). The number of nitrogens with two attached hydrogens (primary N) is 2. The molecule has 4 heterocycles. The highest BCUT2D eigenvalue weighted by atomic mass is 32.1. The number of benzene rings is 1. The van der Waals surface area contributed by atoms with Crippen molar-refractivity contribution >= 4 is 55.2 Å². The van der Waals surface area contributed by atoms with Crippen LogP contribution < -0.4 is 21.7 Å². The van der Waals surface area contributed by atoms with Crippen LogP contribution in [0.1, 0.15) is 23.3 Å². The Balaban J connectivity index is 1.50. The molecule has 0 saturated carbocycles. The van der Waals surface area contributed by atoms with Gasteiger partial charge in [-0.3, -0.25) is 4.79 Å². The van der Waals surface area contributed by atoms with E-state index >= 15 is 0 Å². The van der Waals surface area contributed by atoms with Crippen molar-refractivity contribution in [1.29, 1.82) is 0 Å². The van der Waals surface area contributed by atoms with Gasteiger partial charge in [-0.25, -0.2) is 18.7 Å². The van der Waals surface area contributed by atoms with Crippen molar-refractivity contribution in [2.45, 2.75) is 18.9 Å². The van der Waals surface area contributed by atoms with Crippen molar-refractivity contribution in [2.75, 3.05) is 29.0 Å². The number of aromatic nitrogens is 2. The smallest absolute Gasteiger partial charge is 0.277 e. The minimum atomic E-state index is -0.772. The molecule has 1 aliphatic heterocycles. The maximum Gasteiger partial charge on any atom is 0.277 e. The Labute approximate surface area is 196 Å². The van der Waals surface area contributed by atoms with Crippen LogP contribution in [0.15, 0.2) is 35.8 Å². The second kappa shape index (κ2) is 8.65. The van der Waals surface area contributed by atoms with Crippen molar-refractivity contribution in [2.24, 2.45) is 5.73 Å². The van der Waals surface area contributed by atoms with Crippen molar-refractivity contribution in [3.05, 3.63) is 53.2 Å². The minimum Gasteiger partial charge on any atom is -0.389 e. The van der Waals surface area contributed by atoms with E-state index in [0.29, 0.717) is 12.2 Å². The van der Waals surface area contributed by atoms with Gasteiger partial charge in [-0.1, -0.05) is 17.4 Å². The van der Waals surface area contributed by atoms with Crippen LogP contribution in [0.5, 0.6) is 0 Å². The first kappa shape index (κ1) is 21.7. The van der Waals surface area contributed by atoms with Gasteiger partial charge in [0.25, 0.3) is 5.91 Å².